The van der Waals surface area contributed by atoms with E-state index >= 15 is 0 Å². The molecule has 190 valence electrons. The first-order chi connectivity index (χ1) is 18.2. The number of nitrogens with two attached hydrogens (primary N) is 1. The second kappa shape index (κ2) is 10.3. The minimum absolute atomic E-state index is 0.169. The predicted octanol–water partition coefficient (Wildman–Crippen LogP) is 6.20. The van der Waals surface area contributed by atoms with Crippen LogP contribution in [0.25, 0.3) is 39.1 Å². The first-order valence-electron chi connectivity index (χ1n) is 13.6. The van der Waals surface area contributed by atoms with E-state index < -0.39 is 0 Å². The zero-order chi connectivity index (χ0) is 25.2. The standard InChI is InChI=1S/C30H34N6O/c31-30-27-28(22-16-20-10-7-8-14-25(20)32-19-22)35-36-24-13-9-12-23(17-24)34-26(37)15-6-4-2-1-3-5-11-21(18-33-30)29(27)36/h5,7-8,10-11,14,16,18-19,23-24H,1-4,6,9,12-13,15,17H2,(H2,31,33)(H,34,37)/b11-5+/t23-,24-/m1/s1. The number of rotatable bonds is 1. The average molecular weight is 495 g/mol. The molecule has 3 aromatic heterocycles. The van der Waals surface area contributed by atoms with Crippen LogP contribution in [0.1, 0.15) is 75.8 Å². The lowest BCUT2D eigenvalue weighted by atomic mass is 9.90. The summed E-state index contributed by atoms with van der Waals surface area (Å²) in [6.45, 7) is 0. The maximum atomic E-state index is 12.6. The van der Waals surface area contributed by atoms with E-state index in [4.69, 9.17) is 15.8 Å². The second-order valence-corrected chi connectivity index (χ2v) is 10.5. The number of pyridine rings is 2. The maximum absolute atomic E-state index is 12.6. The highest BCUT2D eigenvalue weighted by Crippen LogP contribution is 2.39. The smallest absolute Gasteiger partial charge is 0.220 e. The van der Waals surface area contributed by atoms with Crippen molar-refractivity contribution in [3.8, 4) is 11.3 Å². The van der Waals surface area contributed by atoms with Crippen molar-refractivity contribution in [2.24, 2.45) is 0 Å². The summed E-state index contributed by atoms with van der Waals surface area (Å²) in [6.07, 6.45) is 18.0. The fourth-order valence-corrected chi connectivity index (χ4v) is 5.94. The van der Waals surface area contributed by atoms with Gasteiger partial charge >= 0.3 is 0 Å². The van der Waals surface area contributed by atoms with Gasteiger partial charge in [-0.1, -0.05) is 43.2 Å². The molecule has 2 bridgehead atoms. The molecule has 0 radical (unpaired) electrons. The van der Waals surface area contributed by atoms with Gasteiger partial charge in [0, 0.05) is 41.4 Å². The van der Waals surface area contributed by atoms with Crippen molar-refractivity contribution >= 4 is 39.6 Å². The molecule has 7 heteroatoms. The third-order valence-electron chi connectivity index (χ3n) is 7.83. The van der Waals surface area contributed by atoms with Crippen LogP contribution >= 0.6 is 0 Å². The minimum Gasteiger partial charge on any atom is -0.383 e. The summed E-state index contributed by atoms with van der Waals surface area (Å²) in [4.78, 5) is 21.9. The van der Waals surface area contributed by atoms with Crippen LogP contribution < -0.4 is 11.1 Å². The lowest BCUT2D eigenvalue weighted by Crippen LogP contribution is -2.39. The van der Waals surface area contributed by atoms with Crippen molar-refractivity contribution in [3.63, 3.8) is 0 Å². The van der Waals surface area contributed by atoms with E-state index in [1.54, 1.807) is 0 Å². The molecule has 2 aliphatic rings. The van der Waals surface area contributed by atoms with Crippen molar-refractivity contribution in [1.82, 2.24) is 25.1 Å². The molecule has 37 heavy (non-hydrogen) atoms. The molecule has 1 aromatic carbocycles. The Hall–Kier alpha value is -3.74. The molecular formula is C30H34N6O. The number of nitrogens with zero attached hydrogens (tertiary/aromatic N) is 4. The summed E-state index contributed by atoms with van der Waals surface area (Å²) < 4.78 is 2.17. The van der Waals surface area contributed by atoms with Gasteiger partial charge in [-0.2, -0.15) is 5.10 Å². The molecule has 2 atom stereocenters. The number of amides is 1. The van der Waals surface area contributed by atoms with E-state index in [0.717, 1.165) is 96.4 Å². The SMILES string of the molecule is Nc1ncc2c3c1c(-c1cnc4ccccc4c1)nn3[C@@H]1CCC[C@H](C1)NC(=O)CCCCCC/C=C/2. The number of fused-ring (bicyclic) bond motifs is 4. The maximum Gasteiger partial charge on any atom is 0.220 e. The van der Waals surface area contributed by atoms with Crippen molar-refractivity contribution < 1.29 is 4.79 Å². The summed E-state index contributed by atoms with van der Waals surface area (Å²) in [7, 11) is 0. The quantitative estimate of drug-likeness (QED) is 0.328. The average Bonchev–Trinajstić information content (AvgIpc) is 3.32. The van der Waals surface area contributed by atoms with Gasteiger partial charge in [-0.3, -0.25) is 14.5 Å². The molecular weight excluding hydrogens is 460 g/mol. The number of anilines is 1. The fourth-order valence-electron chi connectivity index (χ4n) is 5.94. The summed E-state index contributed by atoms with van der Waals surface area (Å²) in [5, 5.41) is 10.5. The Morgan fingerprint density at radius 1 is 1.00 bits per heavy atom. The Kier molecular flexibility index (Phi) is 6.60. The number of hydrogen-bond acceptors (Lipinski definition) is 5. The third-order valence-corrected chi connectivity index (χ3v) is 7.83. The van der Waals surface area contributed by atoms with Gasteiger partial charge in [0.25, 0.3) is 0 Å². The summed E-state index contributed by atoms with van der Waals surface area (Å²) in [6, 6.07) is 10.6. The van der Waals surface area contributed by atoms with Crippen LogP contribution in [0.4, 0.5) is 5.82 Å². The number of aromatic nitrogens is 4. The molecule has 4 aromatic rings. The largest absolute Gasteiger partial charge is 0.383 e. The highest BCUT2D eigenvalue weighted by Gasteiger charge is 2.29. The highest BCUT2D eigenvalue weighted by molar-refractivity contribution is 6.04. The highest BCUT2D eigenvalue weighted by atomic mass is 16.1. The van der Waals surface area contributed by atoms with Crippen LogP contribution in [0.2, 0.25) is 0 Å². The van der Waals surface area contributed by atoms with Crippen LogP contribution in [0.3, 0.4) is 0 Å². The number of carbonyl (C=O) groups excluding carboxylic acids is 1. The second-order valence-electron chi connectivity index (χ2n) is 10.5. The van der Waals surface area contributed by atoms with Gasteiger partial charge in [0.15, 0.2) is 0 Å². The fraction of sp³-hybridized carbons (Fsp3) is 0.400. The van der Waals surface area contributed by atoms with Crippen LogP contribution in [-0.4, -0.2) is 31.7 Å². The van der Waals surface area contributed by atoms with Crippen LogP contribution in [0, 0.1) is 0 Å². The Morgan fingerprint density at radius 3 is 2.84 bits per heavy atom. The number of hydrogen-bond donors (Lipinski definition) is 2. The first-order valence-corrected chi connectivity index (χ1v) is 13.6. The van der Waals surface area contributed by atoms with Gasteiger partial charge in [0.1, 0.15) is 11.5 Å². The zero-order valence-electron chi connectivity index (χ0n) is 21.2. The first kappa shape index (κ1) is 23.6. The van der Waals surface area contributed by atoms with E-state index in [-0.39, 0.29) is 18.0 Å². The Morgan fingerprint density at radius 2 is 1.89 bits per heavy atom. The molecule has 0 unspecified atom stereocenters. The Labute approximate surface area is 217 Å². The molecule has 7 nitrogen and oxygen atoms in total. The molecule has 1 amide bonds. The third kappa shape index (κ3) is 4.82. The number of carbonyl (C=O) groups is 1. The van der Waals surface area contributed by atoms with Gasteiger partial charge in [-0.05, 0) is 57.1 Å². The molecule has 1 aliphatic heterocycles. The number of benzene rings is 1. The Bertz CT molecular complexity index is 1470. The van der Waals surface area contributed by atoms with Crippen molar-refractivity contribution in [1.29, 1.82) is 0 Å². The van der Waals surface area contributed by atoms with Crippen molar-refractivity contribution in [2.45, 2.75) is 76.3 Å². The monoisotopic (exact) mass is 494 g/mol. The van der Waals surface area contributed by atoms with Gasteiger partial charge in [0.2, 0.25) is 5.91 Å². The summed E-state index contributed by atoms with van der Waals surface area (Å²) in [5.74, 6) is 0.664. The van der Waals surface area contributed by atoms with Crippen LogP contribution in [-0.2, 0) is 4.79 Å². The topological polar surface area (TPSA) is 98.7 Å². The van der Waals surface area contributed by atoms with Gasteiger partial charge < -0.3 is 11.1 Å². The number of para-hydroxylation sites is 1. The van der Waals surface area contributed by atoms with E-state index in [1.807, 2.05) is 30.6 Å². The number of allylic oxidation sites excluding steroid dienone is 1. The molecule has 1 saturated carbocycles. The normalized spacial score (nSPS) is 22.1. The van der Waals surface area contributed by atoms with Crippen molar-refractivity contribution in [2.75, 3.05) is 5.73 Å². The van der Waals surface area contributed by atoms with Crippen LogP contribution in [0.5, 0.6) is 0 Å². The van der Waals surface area contributed by atoms with Crippen LogP contribution in [0.15, 0.2) is 48.8 Å². The molecule has 1 aliphatic carbocycles. The zero-order valence-corrected chi connectivity index (χ0v) is 21.2. The molecule has 4 heterocycles. The van der Waals surface area contributed by atoms with E-state index in [2.05, 4.69) is 39.3 Å². The van der Waals surface area contributed by atoms with E-state index in [0.29, 0.717) is 12.2 Å². The lowest BCUT2D eigenvalue weighted by molar-refractivity contribution is -0.122. The number of nitrogen functional groups attached to an aromatic ring is 1. The van der Waals surface area contributed by atoms with Gasteiger partial charge in [-0.15, -0.1) is 0 Å². The summed E-state index contributed by atoms with van der Waals surface area (Å²) in [5.41, 5.74) is 11.3. The molecule has 1 fully saturated rings. The summed E-state index contributed by atoms with van der Waals surface area (Å²) >= 11 is 0. The predicted molar refractivity (Wildman–Crippen MR) is 149 cm³/mol. The minimum atomic E-state index is 0.169. The lowest BCUT2D eigenvalue weighted by Gasteiger charge is -2.30. The van der Waals surface area contributed by atoms with E-state index in [9.17, 15) is 4.79 Å². The van der Waals surface area contributed by atoms with Gasteiger partial charge in [-0.25, -0.2) is 4.98 Å². The molecule has 0 spiro atoms. The molecule has 3 N–H and O–H groups in total. The van der Waals surface area contributed by atoms with E-state index in [1.165, 1.54) is 0 Å². The Balaban J connectivity index is 1.51. The molecule has 0 saturated heterocycles. The molecule has 6 rings (SSSR count). The van der Waals surface area contributed by atoms with Crippen molar-refractivity contribution in [3.05, 3.63) is 54.4 Å². The van der Waals surface area contributed by atoms with Gasteiger partial charge in [0.05, 0.1) is 22.5 Å². The number of nitrogens with one attached hydrogen (secondary N) is 1.